The number of nitrogens with two attached hydrogens (primary N) is 2. The van der Waals surface area contributed by atoms with Crippen LogP contribution in [0.3, 0.4) is 0 Å². The summed E-state index contributed by atoms with van der Waals surface area (Å²) in [4.78, 5) is 0. The van der Waals surface area contributed by atoms with Crippen molar-refractivity contribution in [2.45, 2.75) is 17.3 Å². The summed E-state index contributed by atoms with van der Waals surface area (Å²) >= 11 is 1.56. The van der Waals surface area contributed by atoms with E-state index in [4.69, 9.17) is 11.6 Å². The molecular formula is C16H17N5S. The number of thioether (sulfide) groups is 1. The van der Waals surface area contributed by atoms with Crippen LogP contribution in [0.2, 0.25) is 0 Å². The van der Waals surface area contributed by atoms with Crippen molar-refractivity contribution in [1.29, 1.82) is 0 Å². The lowest BCUT2D eigenvalue weighted by Gasteiger charge is -2.04. The zero-order chi connectivity index (χ0) is 15.4. The molecule has 0 saturated heterocycles. The molecule has 5 nitrogen and oxygen atoms in total. The molecule has 0 unspecified atom stereocenters. The number of rotatable bonds is 5. The number of anilines is 1. The van der Waals surface area contributed by atoms with Gasteiger partial charge in [-0.15, -0.1) is 10.2 Å². The molecule has 0 aliphatic heterocycles. The van der Waals surface area contributed by atoms with Crippen molar-refractivity contribution >= 4 is 17.4 Å². The van der Waals surface area contributed by atoms with Crippen LogP contribution in [-0.2, 0) is 12.2 Å². The fourth-order valence-corrected chi connectivity index (χ4v) is 2.90. The van der Waals surface area contributed by atoms with Crippen molar-refractivity contribution in [1.82, 2.24) is 14.9 Å². The van der Waals surface area contributed by atoms with Gasteiger partial charge < -0.3 is 11.6 Å². The molecule has 0 spiro atoms. The summed E-state index contributed by atoms with van der Waals surface area (Å²) in [6.45, 7) is 0. The van der Waals surface area contributed by atoms with Gasteiger partial charge in [-0.3, -0.25) is 0 Å². The quantitative estimate of drug-likeness (QED) is 0.430. The summed E-state index contributed by atoms with van der Waals surface area (Å²) in [5.74, 6) is 7.62. The molecule has 0 fully saturated rings. The van der Waals surface area contributed by atoms with Gasteiger partial charge in [-0.05, 0) is 23.3 Å². The zero-order valence-electron chi connectivity index (χ0n) is 12.0. The van der Waals surface area contributed by atoms with Crippen LogP contribution in [-0.4, -0.2) is 14.9 Å². The molecule has 0 aliphatic rings. The van der Waals surface area contributed by atoms with E-state index < -0.39 is 0 Å². The topological polar surface area (TPSA) is 82.8 Å². The van der Waals surface area contributed by atoms with Gasteiger partial charge in [0.15, 0.2) is 5.82 Å². The first-order chi connectivity index (χ1) is 10.7. The Kier molecular flexibility index (Phi) is 4.29. The zero-order valence-corrected chi connectivity index (χ0v) is 12.8. The molecule has 0 bridgehead atoms. The van der Waals surface area contributed by atoms with Gasteiger partial charge in [0.05, 0.1) is 0 Å². The molecule has 22 heavy (non-hydrogen) atoms. The number of aromatic nitrogens is 3. The Hall–Kier alpha value is -2.47. The van der Waals surface area contributed by atoms with Crippen molar-refractivity contribution in [3.63, 3.8) is 0 Å². The van der Waals surface area contributed by atoms with E-state index in [1.807, 2.05) is 42.5 Å². The Balaban J connectivity index is 1.67. The third kappa shape index (κ3) is 3.40. The third-order valence-electron chi connectivity index (χ3n) is 3.29. The minimum atomic E-state index is 0.673. The van der Waals surface area contributed by atoms with E-state index in [1.54, 1.807) is 16.4 Å². The molecule has 1 aromatic heterocycles. The predicted molar refractivity (Wildman–Crippen MR) is 89.8 cm³/mol. The molecule has 1 heterocycles. The van der Waals surface area contributed by atoms with Gasteiger partial charge in [-0.1, -0.05) is 54.2 Å². The number of benzene rings is 2. The number of nitrogen functional groups attached to an aromatic ring is 2. The molecule has 0 amide bonds. The van der Waals surface area contributed by atoms with E-state index in [9.17, 15) is 0 Å². The molecule has 0 aliphatic carbocycles. The van der Waals surface area contributed by atoms with Gasteiger partial charge in [-0.2, -0.15) is 0 Å². The van der Waals surface area contributed by atoms with Gasteiger partial charge in [0.1, 0.15) is 0 Å². The largest absolute Gasteiger partial charge is 0.399 e. The van der Waals surface area contributed by atoms with E-state index in [0.717, 1.165) is 22.8 Å². The highest BCUT2D eigenvalue weighted by atomic mass is 32.2. The summed E-state index contributed by atoms with van der Waals surface area (Å²) in [6.07, 6.45) is 0.673. The molecule has 3 rings (SSSR count). The SMILES string of the molecule is Nc1ccc(CSc2nnc(Cc3ccccc3)n2N)cc1. The lowest BCUT2D eigenvalue weighted by atomic mass is 10.1. The van der Waals surface area contributed by atoms with Crippen molar-refractivity contribution in [3.8, 4) is 0 Å². The first-order valence-electron chi connectivity index (χ1n) is 6.93. The number of hydrogen-bond acceptors (Lipinski definition) is 5. The first kappa shape index (κ1) is 14.5. The lowest BCUT2D eigenvalue weighted by Crippen LogP contribution is -2.14. The van der Waals surface area contributed by atoms with Crippen LogP contribution in [0.25, 0.3) is 0 Å². The highest BCUT2D eigenvalue weighted by Crippen LogP contribution is 2.21. The van der Waals surface area contributed by atoms with Crippen LogP contribution in [0.5, 0.6) is 0 Å². The second kappa shape index (κ2) is 6.53. The smallest absolute Gasteiger partial charge is 0.210 e. The van der Waals surface area contributed by atoms with Crippen LogP contribution in [0, 0.1) is 0 Å². The van der Waals surface area contributed by atoms with E-state index in [0.29, 0.717) is 11.6 Å². The Labute approximate surface area is 133 Å². The van der Waals surface area contributed by atoms with Crippen molar-refractivity contribution in [2.24, 2.45) is 0 Å². The maximum absolute atomic E-state index is 6.09. The molecule has 3 aromatic rings. The van der Waals surface area contributed by atoms with E-state index in [2.05, 4.69) is 22.3 Å². The molecule has 6 heteroatoms. The summed E-state index contributed by atoms with van der Waals surface area (Å²) in [6, 6.07) is 17.9. The third-order valence-corrected chi connectivity index (χ3v) is 4.30. The van der Waals surface area contributed by atoms with Crippen LogP contribution >= 0.6 is 11.8 Å². The molecule has 2 aromatic carbocycles. The average Bonchev–Trinajstić information content (AvgIpc) is 2.88. The van der Waals surface area contributed by atoms with Crippen molar-refractivity contribution < 1.29 is 0 Å². The van der Waals surface area contributed by atoms with Crippen LogP contribution in [0.1, 0.15) is 17.0 Å². The summed E-state index contributed by atoms with van der Waals surface area (Å²) < 4.78 is 1.56. The lowest BCUT2D eigenvalue weighted by molar-refractivity contribution is 0.805. The van der Waals surface area contributed by atoms with E-state index in [1.165, 1.54) is 5.56 Å². The standard InChI is InChI=1S/C16H17N5S/c17-14-8-6-13(7-9-14)11-22-16-20-19-15(21(16)18)10-12-4-2-1-3-5-12/h1-9H,10-11,17-18H2. The van der Waals surface area contributed by atoms with Gasteiger partial charge >= 0.3 is 0 Å². The summed E-state index contributed by atoms with van der Waals surface area (Å²) in [5, 5.41) is 9.07. The fraction of sp³-hybridized carbons (Fsp3) is 0.125. The molecule has 0 atom stereocenters. The molecule has 112 valence electrons. The molecule has 0 radical (unpaired) electrons. The minimum Gasteiger partial charge on any atom is -0.399 e. The average molecular weight is 311 g/mol. The van der Waals surface area contributed by atoms with Gasteiger partial charge in [0.25, 0.3) is 0 Å². The molecule has 0 saturated carbocycles. The Morgan fingerprint density at radius 2 is 1.64 bits per heavy atom. The number of hydrogen-bond donors (Lipinski definition) is 2. The fourth-order valence-electron chi connectivity index (χ4n) is 2.07. The van der Waals surface area contributed by atoms with Crippen molar-refractivity contribution in [2.75, 3.05) is 11.6 Å². The van der Waals surface area contributed by atoms with Gasteiger partial charge in [0, 0.05) is 17.9 Å². The van der Waals surface area contributed by atoms with Gasteiger partial charge in [0.2, 0.25) is 5.16 Å². The second-order valence-electron chi connectivity index (χ2n) is 4.96. The second-order valence-corrected chi connectivity index (χ2v) is 5.90. The van der Waals surface area contributed by atoms with Crippen LogP contribution < -0.4 is 11.6 Å². The summed E-state index contributed by atoms with van der Waals surface area (Å²) in [5.41, 5.74) is 8.78. The van der Waals surface area contributed by atoms with E-state index >= 15 is 0 Å². The van der Waals surface area contributed by atoms with Crippen LogP contribution in [0.4, 0.5) is 5.69 Å². The normalized spacial score (nSPS) is 10.7. The number of nitrogens with zero attached hydrogens (tertiary/aromatic N) is 3. The monoisotopic (exact) mass is 311 g/mol. The summed E-state index contributed by atoms with van der Waals surface area (Å²) in [7, 11) is 0. The molecule has 4 N–H and O–H groups in total. The predicted octanol–water partition coefficient (Wildman–Crippen LogP) is 2.46. The highest BCUT2D eigenvalue weighted by molar-refractivity contribution is 7.98. The van der Waals surface area contributed by atoms with E-state index in [-0.39, 0.29) is 0 Å². The first-order valence-corrected chi connectivity index (χ1v) is 7.91. The Morgan fingerprint density at radius 1 is 0.909 bits per heavy atom. The molecular weight excluding hydrogens is 294 g/mol. The van der Waals surface area contributed by atoms with Crippen LogP contribution in [0.15, 0.2) is 59.8 Å². The Morgan fingerprint density at radius 3 is 2.36 bits per heavy atom. The maximum Gasteiger partial charge on any atom is 0.210 e. The Bertz CT molecular complexity index is 737. The minimum absolute atomic E-state index is 0.673. The van der Waals surface area contributed by atoms with Crippen molar-refractivity contribution in [3.05, 3.63) is 71.5 Å². The highest BCUT2D eigenvalue weighted by Gasteiger charge is 2.10. The maximum atomic E-state index is 6.09. The van der Waals surface area contributed by atoms with Gasteiger partial charge in [-0.25, -0.2) is 4.68 Å².